The standard InChI is InChI=1S/C18H17FN4/c1-12-7-13(2)9-14(8-12)22-17-10-18(21-11-20-17)23-16-6-4-3-5-15(16)19/h3-11H,1-2H3,(H2,20,21,22,23). The Labute approximate surface area is 134 Å². The Hall–Kier alpha value is -2.95. The third-order valence-electron chi connectivity index (χ3n) is 3.30. The van der Waals surface area contributed by atoms with Gasteiger partial charge in [0.15, 0.2) is 0 Å². The maximum absolute atomic E-state index is 13.7. The third-order valence-corrected chi connectivity index (χ3v) is 3.30. The fourth-order valence-electron chi connectivity index (χ4n) is 2.39. The lowest BCUT2D eigenvalue weighted by Gasteiger charge is -2.10. The van der Waals surface area contributed by atoms with Gasteiger partial charge in [0.25, 0.3) is 0 Å². The minimum atomic E-state index is -0.324. The number of anilines is 4. The van der Waals surface area contributed by atoms with E-state index in [1.807, 2.05) is 26.0 Å². The molecule has 1 heterocycles. The lowest BCUT2D eigenvalue weighted by molar-refractivity contribution is 0.632. The summed E-state index contributed by atoms with van der Waals surface area (Å²) < 4.78 is 13.7. The van der Waals surface area contributed by atoms with Gasteiger partial charge in [-0.25, -0.2) is 14.4 Å². The van der Waals surface area contributed by atoms with E-state index in [1.165, 1.54) is 23.5 Å². The highest BCUT2D eigenvalue weighted by Gasteiger charge is 2.04. The lowest BCUT2D eigenvalue weighted by atomic mass is 10.1. The number of aryl methyl sites for hydroxylation is 2. The molecular formula is C18H17FN4. The Morgan fingerprint density at radius 3 is 2.17 bits per heavy atom. The van der Waals surface area contributed by atoms with Crippen molar-refractivity contribution in [3.8, 4) is 0 Å². The van der Waals surface area contributed by atoms with Crippen LogP contribution in [0.15, 0.2) is 54.9 Å². The summed E-state index contributed by atoms with van der Waals surface area (Å²) in [6.07, 6.45) is 1.44. The number of hydrogen-bond donors (Lipinski definition) is 2. The molecule has 2 N–H and O–H groups in total. The van der Waals surface area contributed by atoms with Crippen LogP contribution in [0.5, 0.6) is 0 Å². The van der Waals surface area contributed by atoms with Crippen molar-refractivity contribution in [2.24, 2.45) is 0 Å². The first-order chi connectivity index (χ1) is 11.1. The van der Waals surface area contributed by atoms with Crippen LogP contribution in [-0.4, -0.2) is 9.97 Å². The van der Waals surface area contributed by atoms with Crippen LogP contribution in [-0.2, 0) is 0 Å². The van der Waals surface area contributed by atoms with Gasteiger partial charge in [0.1, 0.15) is 23.8 Å². The van der Waals surface area contributed by atoms with Crippen LogP contribution in [0, 0.1) is 19.7 Å². The molecule has 0 saturated heterocycles. The molecule has 0 aliphatic carbocycles. The summed E-state index contributed by atoms with van der Waals surface area (Å²) >= 11 is 0. The minimum absolute atomic E-state index is 0.324. The van der Waals surface area contributed by atoms with E-state index in [0.717, 1.165) is 5.69 Å². The third kappa shape index (κ3) is 3.83. The van der Waals surface area contributed by atoms with Crippen molar-refractivity contribution in [1.82, 2.24) is 9.97 Å². The van der Waals surface area contributed by atoms with Crippen molar-refractivity contribution < 1.29 is 4.39 Å². The van der Waals surface area contributed by atoms with Gasteiger partial charge in [0, 0.05) is 11.8 Å². The lowest BCUT2D eigenvalue weighted by Crippen LogP contribution is -2.00. The number of hydrogen-bond acceptors (Lipinski definition) is 4. The second kappa shape index (κ2) is 6.44. The molecule has 0 spiro atoms. The van der Waals surface area contributed by atoms with Crippen molar-refractivity contribution in [2.75, 3.05) is 10.6 Å². The summed E-state index contributed by atoms with van der Waals surface area (Å²) in [6, 6.07) is 14.4. The fraction of sp³-hybridized carbons (Fsp3) is 0.111. The highest BCUT2D eigenvalue weighted by Crippen LogP contribution is 2.22. The molecule has 0 unspecified atom stereocenters. The van der Waals surface area contributed by atoms with Crippen LogP contribution in [0.3, 0.4) is 0 Å². The highest BCUT2D eigenvalue weighted by molar-refractivity contribution is 5.63. The molecule has 23 heavy (non-hydrogen) atoms. The van der Waals surface area contributed by atoms with Gasteiger partial charge in [-0.05, 0) is 49.2 Å². The number of nitrogens with zero attached hydrogens (tertiary/aromatic N) is 2. The summed E-state index contributed by atoms with van der Waals surface area (Å²) in [5, 5.41) is 6.20. The molecule has 0 radical (unpaired) electrons. The highest BCUT2D eigenvalue weighted by atomic mass is 19.1. The van der Waals surface area contributed by atoms with E-state index in [9.17, 15) is 4.39 Å². The number of rotatable bonds is 4. The van der Waals surface area contributed by atoms with Gasteiger partial charge in [-0.2, -0.15) is 0 Å². The molecule has 0 amide bonds. The zero-order chi connectivity index (χ0) is 16.2. The van der Waals surface area contributed by atoms with E-state index < -0.39 is 0 Å². The average Bonchev–Trinajstić information content (AvgIpc) is 2.49. The molecule has 3 aromatic rings. The van der Waals surface area contributed by atoms with Crippen LogP contribution < -0.4 is 10.6 Å². The van der Waals surface area contributed by atoms with Crippen molar-refractivity contribution in [1.29, 1.82) is 0 Å². The second-order valence-electron chi connectivity index (χ2n) is 5.39. The Balaban J connectivity index is 1.81. The first-order valence-corrected chi connectivity index (χ1v) is 7.29. The van der Waals surface area contributed by atoms with E-state index >= 15 is 0 Å². The van der Waals surface area contributed by atoms with Gasteiger partial charge in [0.2, 0.25) is 0 Å². The van der Waals surface area contributed by atoms with E-state index in [-0.39, 0.29) is 5.82 Å². The number of nitrogens with one attached hydrogen (secondary N) is 2. The van der Waals surface area contributed by atoms with Gasteiger partial charge in [0.05, 0.1) is 5.69 Å². The van der Waals surface area contributed by atoms with Crippen molar-refractivity contribution in [3.05, 3.63) is 71.8 Å². The van der Waals surface area contributed by atoms with Crippen molar-refractivity contribution in [2.45, 2.75) is 13.8 Å². The van der Waals surface area contributed by atoms with Crippen LogP contribution in [0.25, 0.3) is 0 Å². The molecule has 0 bridgehead atoms. The topological polar surface area (TPSA) is 49.8 Å². The number of benzene rings is 2. The van der Waals surface area contributed by atoms with Gasteiger partial charge < -0.3 is 10.6 Å². The molecule has 4 nitrogen and oxygen atoms in total. The molecule has 116 valence electrons. The molecule has 0 aliphatic rings. The van der Waals surface area contributed by atoms with Gasteiger partial charge in [-0.1, -0.05) is 18.2 Å². The summed E-state index contributed by atoms with van der Waals surface area (Å²) in [5.41, 5.74) is 3.68. The zero-order valence-electron chi connectivity index (χ0n) is 13.0. The maximum Gasteiger partial charge on any atom is 0.146 e. The molecular weight excluding hydrogens is 291 g/mol. The van der Waals surface area contributed by atoms with Gasteiger partial charge >= 0.3 is 0 Å². The Kier molecular flexibility index (Phi) is 4.19. The van der Waals surface area contributed by atoms with Crippen molar-refractivity contribution >= 4 is 23.0 Å². The normalized spacial score (nSPS) is 10.4. The average molecular weight is 308 g/mol. The summed E-state index contributed by atoms with van der Waals surface area (Å²) in [5.74, 6) is 0.843. The summed E-state index contributed by atoms with van der Waals surface area (Å²) in [6.45, 7) is 4.09. The minimum Gasteiger partial charge on any atom is -0.340 e. The van der Waals surface area contributed by atoms with E-state index in [1.54, 1.807) is 24.3 Å². The van der Waals surface area contributed by atoms with Crippen LogP contribution in [0.4, 0.5) is 27.4 Å². The number of para-hydroxylation sites is 1. The molecule has 0 saturated carbocycles. The van der Waals surface area contributed by atoms with E-state index in [4.69, 9.17) is 0 Å². The first kappa shape index (κ1) is 15.0. The molecule has 3 rings (SSSR count). The predicted octanol–water partition coefficient (Wildman–Crippen LogP) is 4.72. The molecule has 0 aliphatic heterocycles. The van der Waals surface area contributed by atoms with Crippen LogP contribution in [0.2, 0.25) is 0 Å². The van der Waals surface area contributed by atoms with Gasteiger partial charge in [-0.3, -0.25) is 0 Å². The molecule has 5 heteroatoms. The Morgan fingerprint density at radius 2 is 1.48 bits per heavy atom. The fourth-order valence-corrected chi connectivity index (χ4v) is 2.39. The summed E-state index contributed by atoms with van der Waals surface area (Å²) in [7, 11) is 0. The number of aromatic nitrogens is 2. The SMILES string of the molecule is Cc1cc(C)cc(Nc2cc(Nc3ccccc3F)ncn2)c1. The smallest absolute Gasteiger partial charge is 0.146 e. The van der Waals surface area contributed by atoms with E-state index in [2.05, 4.69) is 26.7 Å². The predicted molar refractivity (Wildman–Crippen MR) is 90.9 cm³/mol. The quantitative estimate of drug-likeness (QED) is 0.732. The molecule has 0 atom stereocenters. The Bertz CT molecular complexity index is 813. The second-order valence-corrected chi connectivity index (χ2v) is 5.39. The molecule has 0 fully saturated rings. The first-order valence-electron chi connectivity index (χ1n) is 7.29. The van der Waals surface area contributed by atoms with Crippen molar-refractivity contribution in [3.63, 3.8) is 0 Å². The zero-order valence-corrected chi connectivity index (χ0v) is 13.0. The molecule has 2 aromatic carbocycles. The van der Waals surface area contributed by atoms with Gasteiger partial charge in [-0.15, -0.1) is 0 Å². The van der Waals surface area contributed by atoms with Crippen LogP contribution >= 0.6 is 0 Å². The summed E-state index contributed by atoms with van der Waals surface area (Å²) in [4.78, 5) is 8.33. The largest absolute Gasteiger partial charge is 0.340 e. The van der Waals surface area contributed by atoms with E-state index in [0.29, 0.717) is 17.3 Å². The Morgan fingerprint density at radius 1 is 0.826 bits per heavy atom. The van der Waals surface area contributed by atoms with Crippen LogP contribution in [0.1, 0.15) is 11.1 Å². The maximum atomic E-state index is 13.7. The molecule has 1 aromatic heterocycles. The number of halogens is 1. The monoisotopic (exact) mass is 308 g/mol.